The van der Waals surface area contributed by atoms with Gasteiger partial charge in [0.25, 0.3) is 5.91 Å². The highest BCUT2D eigenvalue weighted by Gasteiger charge is 2.35. The smallest absolute Gasteiger partial charge is 0.274 e. The summed E-state index contributed by atoms with van der Waals surface area (Å²) >= 11 is 0. The lowest BCUT2D eigenvalue weighted by Crippen LogP contribution is -2.38. The van der Waals surface area contributed by atoms with Crippen molar-refractivity contribution in [1.82, 2.24) is 14.5 Å². The van der Waals surface area contributed by atoms with Crippen LogP contribution in [0.15, 0.2) is 30.3 Å². The third-order valence-corrected chi connectivity index (χ3v) is 7.43. The molecule has 3 heterocycles. The van der Waals surface area contributed by atoms with Crippen molar-refractivity contribution in [3.63, 3.8) is 0 Å². The van der Waals surface area contributed by atoms with Crippen LogP contribution in [0.3, 0.4) is 0 Å². The van der Waals surface area contributed by atoms with Gasteiger partial charge in [-0.1, -0.05) is 36.8 Å². The Morgan fingerprint density at radius 2 is 1.96 bits per heavy atom. The molecule has 0 saturated carbocycles. The lowest BCUT2D eigenvalue weighted by molar-refractivity contribution is 0.0741. The number of amides is 1. The third-order valence-electron chi connectivity index (χ3n) is 5.68. The lowest BCUT2D eigenvalue weighted by atomic mass is 10.1. The van der Waals surface area contributed by atoms with Crippen molar-refractivity contribution >= 4 is 15.7 Å². The highest BCUT2D eigenvalue weighted by atomic mass is 32.2. The number of imidazole rings is 1. The largest absolute Gasteiger partial charge is 0.336 e. The van der Waals surface area contributed by atoms with Gasteiger partial charge in [-0.05, 0) is 25.7 Å². The van der Waals surface area contributed by atoms with E-state index in [1.807, 2.05) is 30.3 Å². The zero-order valence-electron chi connectivity index (χ0n) is 15.6. The summed E-state index contributed by atoms with van der Waals surface area (Å²) in [4.78, 5) is 19.6. The van der Waals surface area contributed by atoms with Crippen LogP contribution >= 0.6 is 0 Å². The van der Waals surface area contributed by atoms with Crippen molar-refractivity contribution in [3.05, 3.63) is 41.7 Å². The number of sulfone groups is 1. The first-order valence-electron chi connectivity index (χ1n) is 9.59. The number of fused-ring (bicyclic) bond motifs is 1. The van der Waals surface area contributed by atoms with E-state index in [9.17, 15) is 13.2 Å². The Morgan fingerprint density at radius 1 is 1.19 bits per heavy atom. The summed E-state index contributed by atoms with van der Waals surface area (Å²) in [5.74, 6) is 0.885. The average molecular weight is 388 g/mol. The molecular formula is C20H25N3O3S. The van der Waals surface area contributed by atoms with Crippen LogP contribution in [-0.2, 0) is 22.8 Å². The number of hydrogen-bond donors (Lipinski definition) is 0. The topological polar surface area (TPSA) is 72.3 Å². The Labute approximate surface area is 160 Å². The van der Waals surface area contributed by atoms with E-state index in [4.69, 9.17) is 4.98 Å². The van der Waals surface area contributed by atoms with E-state index in [0.717, 1.165) is 49.3 Å². The second kappa shape index (κ2) is 7.11. The second-order valence-electron chi connectivity index (χ2n) is 7.53. The first kappa shape index (κ1) is 18.2. The van der Waals surface area contributed by atoms with Gasteiger partial charge in [0.15, 0.2) is 9.84 Å². The van der Waals surface area contributed by atoms with Crippen LogP contribution in [0, 0.1) is 0 Å². The van der Waals surface area contributed by atoms with Gasteiger partial charge in [0.2, 0.25) is 0 Å². The molecule has 1 atom stereocenters. The van der Waals surface area contributed by atoms with Gasteiger partial charge in [-0.15, -0.1) is 0 Å². The van der Waals surface area contributed by atoms with Crippen molar-refractivity contribution in [2.45, 2.75) is 44.7 Å². The maximum atomic E-state index is 13.2. The molecule has 1 aromatic carbocycles. The van der Waals surface area contributed by atoms with E-state index < -0.39 is 9.84 Å². The number of benzene rings is 1. The number of nitrogens with zero attached hydrogens (tertiary/aromatic N) is 3. The van der Waals surface area contributed by atoms with Crippen LogP contribution in [0.25, 0.3) is 11.4 Å². The molecule has 1 fully saturated rings. The Bertz CT molecular complexity index is 950. The molecule has 6 nitrogen and oxygen atoms in total. The molecule has 0 radical (unpaired) electrons. The van der Waals surface area contributed by atoms with E-state index in [1.54, 1.807) is 11.9 Å². The molecule has 1 amide bonds. The van der Waals surface area contributed by atoms with Crippen LogP contribution in [0.5, 0.6) is 0 Å². The lowest BCUT2D eigenvalue weighted by Gasteiger charge is -2.23. The third kappa shape index (κ3) is 3.52. The van der Waals surface area contributed by atoms with Crippen LogP contribution in [0.2, 0.25) is 0 Å². The van der Waals surface area contributed by atoms with Gasteiger partial charge in [0, 0.05) is 25.2 Å². The molecule has 0 aliphatic carbocycles. The maximum Gasteiger partial charge on any atom is 0.274 e. The highest BCUT2D eigenvalue weighted by Crippen LogP contribution is 2.28. The summed E-state index contributed by atoms with van der Waals surface area (Å²) in [7, 11) is -1.33. The zero-order valence-corrected chi connectivity index (χ0v) is 16.4. The highest BCUT2D eigenvalue weighted by molar-refractivity contribution is 7.91. The summed E-state index contributed by atoms with van der Waals surface area (Å²) in [5, 5.41) is 0. The van der Waals surface area contributed by atoms with Crippen molar-refractivity contribution in [3.8, 4) is 11.4 Å². The molecule has 2 aromatic rings. The molecule has 1 aromatic heterocycles. The zero-order chi connectivity index (χ0) is 19.0. The molecule has 1 saturated heterocycles. The minimum absolute atomic E-state index is 0.0524. The standard InChI is InChI=1S/C20H25N3O3S/c1-22(16-11-13-27(25,26)14-16)20(24)18-17-10-6-3-7-12-23(17)19(21-18)15-8-4-2-5-9-15/h2,4-5,8-9,16H,3,6-7,10-14H2,1H3/t16-/m1/s1. The molecule has 7 heteroatoms. The number of rotatable bonds is 3. The molecule has 0 spiro atoms. The minimum Gasteiger partial charge on any atom is -0.336 e. The fourth-order valence-electron chi connectivity index (χ4n) is 4.11. The van der Waals surface area contributed by atoms with Crippen LogP contribution in [-0.4, -0.2) is 53.4 Å². The van der Waals surface area contributed by atoms with Gasteiger partial charge in [-0.25, -0.2) is 13.4 Å². The normalized spacial score (nSPS) is 21.4. The predicted octanol–water partition coefficient (Wildman–Crippen LogP) is 2.54. The number of hydrogen-bond acceptors (Lipinski definition) is 4. The summed E-state index contributed by atoms with van der Waals surface area (Å²) in [6, 6.07) is 9.70. The van der Waals surface area contributed by atoms with Crippen molar-refractivity contribution in [2.24, 2.45) is 0 Å². The molecular weight excluding hydrogens is 362 g/mol. The Hall–Kier alpha value is -2.15. The first-order chi connectivity index (χ1) is 13.0. The van der Waals surface area contributed by atoms with Crippen molar-refractivity contribution < 1.29 is 13.2 Å². The number of carbonyl (C=O) groups is 1. The van der Waals surface area contributed by atoms with Gasteiger partial charge in [-0.2, -0.15) is 0 Å². The molecule has 2 aliphatic heterocycles. The van der Waals surface area contributed by atoms with E-state index in [1.165, 1.54) is 0 Å². The number of carbonyl (C=O) groups excluding carboxylic acids is 1. The van der Waals surface area contributed by atoms with Crippen LogP contribution in [0.4, 0.5) is 0 Å². The summed E-state index contributed by atoms with van der Waals surface area (Å²) < 4.78 is 25.8. The molecule has 0 bridgehead atoms. The Balaban J connectivity index is 1.72. The van der Waals surface area contributed by atoms with E-state index in [0.29, 0.717) is 12.1 Å². The average Bonchev–Trinajstić information content (AvgIpc) is 3.11. The van der Waals surface area contributed by atoms with Gasteiger partial charge >= 0.3 is 0 Å². The molecule has 0 unspecified atom stereocenters. The fourth-order valence-corrected chi connectivity index (χ4v) is 5.89. The van der Waals surface area contributed by atoms with Crippen LogP contribution in [0.1, 0.15) is 41.9 Å². The molecule has 4 rings (SSSR count). The van der Waals surface area contributed by atoms with Gasteiger partial charge < -0.3 is 9.47 Å². The van der Waals surface area contributed by atoms with Gasteiger partial charge in [0.1, 0.15) is 11.5 Å². The van der Waals surface area contributed by atoms with E-state index in [-0.39, 0.29) is 23.5 Å². The predicted molar refractivity (Wildman–Crippen MR) is 104 cm³/mol. The summed E-state index contributed by atoms with van der Waals surface area (Å²) in [6.07, 6.45) is 4.60. The molecule has 0 N–H and O–H groups in total. The van der Waals surface area contributed by atoms with Crippen LogP contribution < -0.4 is 0 Å². The monoisotopic (exact) mass is 387 g/mol. The first-order valence-corrected chi connectivity index (χ1v) is 11.4. The number of aromatic nitrogens is 2. The second-order valence-corrected chi connectivity index (χ2v) is 9.76. The van der Waals surface area contributed by atoms with E-state index in [2.05, 4.69) is 4.57 Å². The molecule has 2 aliphatic rings. The van der Waals surface area contributed by atoms with Crippen molar-refractivity contribution in [1.29, 1.82) is 0 Å². The summed E-state index contributed by atoms with van der Waals surface area (Å²) in [5.41, 5.74) is 2.48. The molecule has 144 valence electrons. The van der Waals surface area contributed by atoms with Gasteiger partial charge in [-0.3, -0.25) is 4.79 Å². The summed E-state index contributed by atoms with van der Waals surface area (Å²) in [6.45, 7) is 0.862. The quantitative estimate of drug-likeness (QED) is 0.811. The SMILES string of the molecule is CN(C(=O)c1nc(-c2ccccc2)n2c1CCCCC2)[C@@H]1CCS(=O)(=O)C1. The Morgan fingerprint density at radius 3 is 2.67 bits per heavy atom. The minimum atomic E-state index is -3.04. The molecule has 27 heavy (non-hydrogen) atoms. The van der Waals surface area contributed by atoms with Crippen molar-refractivity contribution in [2.75, 3.05) is 18.6 Å². The maximum absolute atomic E-state index is 13.2. The van der Waals surface area contributed by atoms with E-state index >= 15 is 0 Å². The van der Waals surface area contributed by atoms with Gasteiger partial charge in [0.05, 0.1) is 17.2 Å². The Kier molecular flexibility index (Phi) is 4.80. The fraction of sp³-hybridized carbons (Fsp3) is 0.500.